The maximum absolute atomic E-state index is 10.9. The summed E-state index contributed by atoms with van der Waals surface area (Å²) in [6, 6.07) is 13.9. The fraction of sp³-hybridized carbons (Fsp3) is 0.304. The first kappa shape index (κ1) is 20.9. The van der Waals surface area contributed by atoms with Crippen molar-refractivity contribution in [3.8, 4) is 27.1 Å². The molecule has 1 aromatic heterocycles. The average molecular weight is 411 g/mol. The van der Waals surface area contributed by atoms with Crippen molar-refractivity contribution in [3.63, 3.8) is 0 Å². The minimum atomic E-state index is -0.0109. The molecule has 0 saturated carbocycles. The fourth-order valence-electron chi connectivity index (χ4n) is 2.88. The summed E-state index contributed by atoms with van der Waals surface area (Å²) in [6.45, 7) is 8.25. The standard InChI is InChI=1S/C23H26N2O3S/c1-15(2)27-20-9-10-21(16(3)13-20)23-25-14-22(29-23)28-19-7-5-18(6-8-19)11-12-24-17(4)26/h5-10,13-15H,11-12H2,1-4H3,(H,24,26). The second kappa shape index (κ2) is 9.56. The number of ether oxygens (including phenoxy) is 2. The van der Waals surface area contributed by atoms with Gasteiger partial charge < -0.3 is 14.8 Å². The number of nitrogens with one attached hydrogen (secondary N) is 1. The van der Waals surface area contributed by atoms with E-state index in [0.717, 1.165) is 44.7 Å². The number of aromatic nitrogens is 1. The van der Waals surface area contributed by atoms with Gasteiger partial charge in [0.15, 0.2) is 0 Å². The molecule has 0 atom stereocenters. The molecule has 0 saturated heterocycles. The van der Waals surface area contributed by atoms with Gasteiger partial charge in [0.25, 0.3) is 0 Å². The first-order valence-corrected chi connectivity index (χ1v) is 10.5. The topological polar surface area (TPSA) is 60.5 Å². The van der Waals surface area contributed by atoms with Gasteiger partial charge in [0.05, 0.1) is 12.3 Å². The van der Waals surface area contributed by atoms with Crippen molar-refractivity contribution in [2.45, 2.75) is 40.2 Å². The zero-order valence-corrected chi connectivity index (χ0v) is 18.0. The molecule has 0 spiro atoms. The fourth-order valence-corrected chi connectivity index (χ4v) is 3.75. The SMILES string of the molecule is CC(=O)NCCc1ccc(Oc2cnc(-c3ccc(OC(C)C)cc3C)s2)cc1. The van der Waals surface area contributed by atoms with Gasteiger partial charge in [-0.1, -0.05) is 23.5 Å². The molecule has 0 aliphatic carbocycles. The molecule has 29 heavy (non-hydrogen) atoms. The number of hydrogen-bond acceptors (Lipinski definition) is 5. The average Bonchev–Trinajstić information content (AvgIpc) is 3.10. The Morgan fingerprint density at radius 1 is 1.14 bits per heavy atom. The third-order valence-electron chi connectivity index (χ3n) is 4.21. The van der Waals surface area contributed by atoms with Crippen LogP contribution >= 0.6 is 11.3 Å². The Balaban J connectivity index is 1.64. The highest BCUT2D eigenvalue weighted by Crippen LogP contribution is 2.35. The van der Waals surface area contributed by atoms with Crippen molar-refractivity contribution in [1.82, 2.24) is 10.3 Å². The van der Waals surface area contributed by atoms with E-state index in [-0.39, 0.29) is 12.0 Å². The van der Waals surface area contributed by atoms with Crippen molar-refractivity contribution < 1.29 is 14.3 Å². The molecule has 0 unspecified atom stereocenters. The van der Waals surface area contributed by atoms with Crippen LogP contribution in [0.1, 0.15) is 31.9 Å². The molecular weight excluding hydrogens is 384 g/mol. The molecule has 1 heterocycles. The van der Waals surface area contributed by atoms with Crippen LogP contribution in [0.2, 0.25) is 0 Å². The predicted octanol–water partition coefficient (Wildman–Crippen LogP) is 5.38. The number of aryl methyl sites for hydroxylation is 1. The Kier molecular flexibility index (Phi) is 6.88. The molecule has 0 radical (unpaired) electrons. The maximum atomic E-state index is 10.9. The Hall–Kier alpha value is -2.86. The van der Waals surface area contributed by atoms with E-state index in [1.165, 1.54) is 18.3 Å². The molecule has 3 rings (SSSR count). The van der Waals surface area contributed by atoms with Gasteiger partial charge in [0, 0.05) is 19.0 Å². The van der Waals surface area contributed by atoms with Gasteiger partial charge in [0.2, 0.25) is 11.0 Å². The van der Waals surface area contributed by atoms with Gasteiger partial charge in [-0.05, 0) is 68.7 Å². The summed E-state index contributed by atoms with van der Waals surface area (Å²) in [5.41, 5.74) is 3.34. The van der Waals surface area contributed by atoms with Crippen molar-refractivity contribution in [2.75, 3.05) is 6.54 Å². The Labute approximate surface area is 175 Å². The summed E-state index contributed by atoms with van der Waals surface area (Å²) in [6.07, 6.45) is 2.69. The van der Waals surface area contributed by atoms with Gasteiger partial charge in [-0.3, -0.25) is 4.79 Å². The number of thiazole rings is 1. The van der Waals surface area contributed by atoms with Crippen LogP contribution < -0.4 is 14.8 Å². The second-order valence-electron chi connectivity index (χ2n) is 7.11. The highest BCUT2D eigenvalue weighted by molar-refractivity contribution is 7.16. The molecule has 6 heteroatoms. The van der Waals surface area contributed by atoms with Crippen LogP contribution in [0.25, 0.3) is 10.6 Å². The minimum absolute atomic E-state index is 0.0109. The monoisotopic (exact) mass is 410 g/mol. The number of benzene rings is 2. The number of nitrogens with zero attached hydrogens (tertiary/aromatic N) is 1. The van der Waals surface area contributed by atoms with Crippen molar-refractivity contribution in [1.29, 1.82) is 0 Å². The highest BCUT2D eigenvalue weighted by atomic mass is 32.1. The van der Waals surface area contributed by atoms with Crippen molar-refractivity contribution >= 4 is 17.2 Å². The summed E-state index contributed by atoms with van der Waals surface area (Å²) in [5.74, 6) is 1.62. The number of amides is 1. The maximum Gasteiger partial charge on any atom is 0.216 e. The predicted molar refractivity (Wildman–Crippen MR) is 117 cm³/mol. The summed E-state index contributed by atoms with van der Waals surface area (Å²) in [4.78, 5) is 15.5. The van der Waals surface area contributed by atoms with Crippen LogP contribution in [0.15, 0.2) is 48.7 Å². The zero-order chi connectivity index (χ0) is 20.8. The Morgan fingerprint density at radius 3 is 2.52 bits per heavy atom. The van der Waals surface area contributed by atoms with E-state index in [1.54, 1.807) is 6.20 Å². The molecule has 0 bridgehead atoms. The molecule has 1 N–H and O–H groups in total. The van der Waals surface area contributed by atoms with Crippen LogP contribution in [0.4, 0.5) is 0 Å². The van der Waals surface area contributed by atoms with Crippen LogP contribution in [0.3, 0.4) is 0 Å². The third kappa shape index (κ3) is 6.06. The van der Waals surface area contributed by atoms with E-state index in [2.05, 4.69) is 17.2 Å². The van der Waals surface area contributed by atoms with E-state index in [0.29, 0.717) is 6.54 Å². The number of hydrogen-bond donors (Lipinski definition) is 1. The van der Waals surface area contributed by atoms with Crippen molar-refractivity contribution in [3.05, 3.63) is 59.8 Å². The molecular formula is C23H26N2O3S. The smallest absolute Gasteiger partial charge is 0.216 e. The van der Waals surface area contributed by atoms with E-state index < -0.39 is 0 Å². The summed E-state index contributed by atoms with van der Waals surface area (Å²) >= 11 is 1.51. The quantitative estimate of drug-likeness (QED) is 0.542. The highest BCUT2D eigenvalue weighted by Gasteiger charge is 2.10. The first-order chi connectivity index (χ1) is 13.9. The first-order valence-electron chi connectivity index (χ1n) is 9.65. The minimum Gasteiger partial charge on any atom is -0.491 e. The number of carbonyl (C=O) groups excluding carboxylic acids is 1. The second-order valence-corrected chi connectivity index (χ2v) is 8.10. The van der Waals surface area contributed by atoms with Crippen LogP contribution in [-0.2, 0) is 11.2 Å². The van der Waals surface area contributed by atoms with E-state index in [4.69, 9.17) is 9.47 Å². The lowest BCUT2D eigenvalue weighted by Crippen LogP contribution is -2.22. The van der Waals surface area contributed by atoms with Gasteiger partial charge in [-0.2, -0.15) is 0 Å². The van der Waals surface area contributed by atoms with Crippen LogP contribution in [0.5, 0.6) is 16.6 Å². The molecule has 152 valence electrons. The summed E-state index contributed by atoms with van der Waals surface area (Å²) < 4.78 is 11.7. The van der Waals surface area contributed by atoms with Gasteiger partial charge in [-0.15, -0.1) is 0 Å². The zero-order valence-electron chi connectivity index (χ0n) is 17.2. The molecule has 1 amide bonds. The van der Waals surface area contributed by atoms with Crippen LogP contribution in [0, 0.1) is 6.92 Å². The lowest BCUT2D eigenvalue weighted by Gasteiger charge is -2.11. The Morgan fingerprint density at radius 2 is 1.86 bits per heavy atom. The van der Waals surface area contributed by atoms with Gasteiger partial charge >= 0.3 is 0 Å². The lowest BCUT2D eigenvalue weighted by atomic mass is 10.1. The Bertz CT molecular complexity index is 965. The van der Waals surface area contributed by atoms with Gasteiger partial charge in [-0.25, -0.2) is 4.98 Å². The van der Waals surface area contributed by atoms with Gasteiger partial charge in [0.1, 0.15) is 16.5 Å². The largest absolute Gasteiger partial charge is 0.491 e. The van der Waals surface area contributed by atoms with E-state index >= 15 is 0 Å². The molecule has 5 nitrogen and oxygen atoms in total. The molecule has 2 aromatic carbocycles. The third-order valence-corrected chi connectivity index (χ3v) is 5.12. The van der Waals surface area contributed by atoms with E-state index in [9.17, 15) is 4.79 Å². The normalized spacial score (nSPS) is 10.8. The molecule has 0 aliphatic rings. The molecule has 0 fully saturated rings. The van der Waals surface area contributed by atoms with Crippen LogP contribution in [-0.4, -0.2) is 23.5 Å². The molecule has 3 aromatic rings. The van der Waals surface area contributed by atoms with E-state index in [1.807, 2.05) is 56.3 Å². The lowest BCUT2D eigenvalue weighted by molar-refractivity contribution is -0.118. The summed E-state index contributed by atoms with van der Waals surface area (Å²) in [5, 5.41) is 4.46. The number of rotatable bonds is 8. The molecule has 0 aliphatic heterocycles. The number of carbonyl (C=O) groups is 1. The summed E-state index contributed by atoms with van der Waals surface area (Å²) in [7, 11) is 0. The van der Waals surface area contributed by atoms with Crippen molar-refractivity contribution in [2.24, 2.45) is 0 Å².